The van der Waals surface area contributed by atoms with Gasteiger partial charge in [-0.1, -0.05) is 18.9 Å². The molecule has 1 fully saturated rings. The summed E-state index contributed by atoms with van der Waals surface area (Å²) in [6.45, 7) is 14.0. The van der Waals surface area contributed by atoms with Crippen molar-refractivity contribution < 1.29 is 0 Å². The Labute approximate surface area is 101 Å². The summed E-state index contributed by atoms with van der Waals surface area (Å²) in [5.41, 5.74) is 0.238. The molecule has 0 aromatic heterocycles. The summed E-state index contributed by atoms with van der Waals surface area (Å²) in [6, 6.07) is 0.668. The van der Waals surface area contributed by atoms with Crippen molar-refractivity contribution in [3.05, 3.63) is 12.7 Å². The van der Waals surface area contributed by atoms with E-state index < -0.39 is 0 Å². The molecule has 0 saturated carbocycles. The van der Waals surface area contributed by atoms with Gasteiger partial charge in [0.15, 0.2) is 0 Å². The quantitative estimate of drug-likeness (QED) is 0.739. The Kier molecular flexibility index (Phi) is 5.50. The molecule has 0 aromatic carbocycles. The summed E-state index contributed by atoms with van der Waals surface area (Å²) in [5, 5.41) is 3.67. The van der Waals surface area contributed by atoms with Crippen LogP contribution in [0.2, 0.25) is 0 Å². The second-order valence-electron chi connectivity index (χ2n) is 5.86. The van der Waals surface area contributed by atoms with Crippen LogP contribution < -0.4 is 5.32 Å². The van der Waals surface area contributed by atoms with E-state index >= 15 is 0 Å². The highest BCUT2D eigenvalue weighted by atomic mass is 15.2. The fourth-order valence-electron chi connectivity index (χ4n) is 2.30. The number of nitrogens with one attached hydrogen (secondary N) is 1. The normalized spacial score (nSPS) is 23.1. The highest BCUT2D eigenvalue weighted by Gasteiger charge is 2.23. The van der Waals surface area contributed by atoms with Crippen LogP contribution >= 0.6 is 0 Å². The maximum Gasteiger partial charge on any atom is 0.0195 e. The average Bonchev–Trinajstić information content (AvgIpc) is 2.44. The molecule has 0 radical (unpaired) electrons. The second-order valence-corrected chi connectivity index (χ2v) is 5.86. The number of hydrogen-bond donors (Lipinski definition) is 1. The molecule has 1 rings (SSSR count). The zero-order valence-electron chi connectivity index (χ0n) is 11.3. The Morgan fingerprint density at radius 3 is 2.69 bits per heavy atom. The van der Waals surface area contributed by atoms with E-state index in [1.165, 1.54) is 32.2 Å². The van der Waals surface area contributed by atoms with Crippen LogP contribution in [-0.4, -0.2) is 36.1 Å². The molecule has 1 saturated heterocycles. The summed E-state index contributed by atoms with van der Waals surface area (Å²) in [7, 11) is 0. The van der Waals surface area contributed by atoms with Gasteiger partial charge in [0.2, 0.25) is 0 Å². The molecule has 0 amide bonds. The van der Waals surface area contributed by atoms with Crippen LogP contribution in [0, 0.1) is 0 Å². The first kappa shape index (κ1) is 13.7. The van der Waals surface area contributed by atoms with Crippen molar-refractivity contribution in [2.45, 2.75) is 58.0 Å². The SMILES string of the molecule is C=CCN(CC1CCCCCN1)C(C)(C)C. The van der Waals surface area contributed by atoms with E-state index in [9.17, 15) is 0 Å². The standard InChI is InChI=1S/C14H28N2/c1-5-11-16(14(2,3)4)12-13-9-7-6-8-10-15-13/h5,13,15H,1,6-12H2,2-4H3. The lowest BCUT2D eigenvalue weighted by Crippen LogP contribution is -2.49. The van der Waals surface area contributed by atoms with E-state index in [0.29, 0.717) is 6.04 Å². The Morgan fingerprint density at radius 2 is 2.06 bits per heavy atom. The van der Waals surface area contributed by atoms with E-state index in [1.807, 2.05) is 6.08 Å². The molecule has 94 valence electrons. The predicted molar refractivity (Wildman–Crippen MR) is 71.8 cm³/mol. The zero-order valence-corrected chi connectivity index (χ0v) is 11.3. The van der Waals surface area contributed by atoms with Crippen LogP contribution in [-0.2, 0) is 0 Å². The minimum Gasteiger partial charge on any atom is -0.313 e. The Hall–Kier alpha value is -0.340. The fourth-order valence-corrected chi connectivity index (χ4v) is 2.30. The van der Waals surface area contributed by atoms with Gasteiger partial charge in [-0.25, -0.2) is 0 Å². The van der Waals surface area contributed by atoms with Gasteiger partial charge in [0, 0.05) is 24.7 Å². The van der Waals surface area contributed by atoms with Gasteiger partial charge in [0.1, 0.15) is 0 Å². The van der Waals surface area contributed by atoms with Crippen LogP contribution in [0.15, 0.2) is 12.7 Å². The van der Waals surface area contributed by atoms with Crippen molar-refractivity contribution >= 4 is 0 Å². The third kappa shape index (κ3) is 4.67. The van der Waals surface area contributed by atoms with Crippen LogP contribution in [0.5, 0.6) is 0 Å². The number of hydrogen-bond acceptors (Lipinski definition) is 2. The van der Waals surface area contributed by atoms with E-state index in [4.69, 9.17) is 0 Å². The van der Waals surface area contributed by atoms with Gasteiger partial charge in [0.25, 0.3) is 0 Å². The fraction of sp³-hybridized carbons (Fsp3) is 0.857. The summed E-state index contributed by atoms with van der Waals surface area (Å²) < 4.78 is 0. The molecule has 0 bridgehead atoms. The molecular weight excluding hydrogens is 196 g/mol. The molecule has 2 heteroatoms. The monoisotopic (exact) mass is 224 g/mol. The lowest BCUT2D eigenvalue weighted by Gasteiger charge is -2.37. The Balaban J connectivity index is 2.49. The summed E-state index contributed by atoms with van der Waals surface area (Å²) in [4.78, 5) is 2.52. The van der Waals surface area contributed by atoms with Crippen molar-refractivity contribution in [3.8, 4) is 0 Å². The molecule has 1 aliphatic rings. The third-order valence-electron chi connectivity index (χ3n) is 3.40. The minimum atomic E-state index is 0.238. The van der Waals surface area contributed by atoms with Crippen LogP contribution in [0.4, 0.5) is 0 Å². The maximum absolute atomic E-state index is 3.86. The predicted octanol–water partition coefficient (Wildman–Crippen LogP) is 2.81. The van der Waals surface area contributed by atoms with Crippen molar-refractivity contribution in [1.82, 2.24) is 10.2 Å². The van der Waals surface area contributed by atoms with Crippen molar-refractivity contribution in [2.24, 2.45) is 0 Å². The maximum atomic E-state index is 3.86. The molecule has 1 N–H and O–H groups in total. The average molecular weight is 224 g/mol. The molecule has 16 heavy (non-hydrogen) atoms. The van der Waals surface area contributed by atoms with Crippen molar-refractivity contribution in [3.63, 3.8) is 0 Å². The zero-order chi connectivity index (χ0) is 12.0. The van der Waals surface area contributed by atoms with E-state index in [2.05, 4.69) is 37.6 Å². The second kappa shape index (κ2) is 6.41. The highest BCUT2D eigenvalue weighted by Crippen LogP contribution is 2.16. The molecule has 1 aliphatic heterocycles. The Morgan fingerprint density at radius 1 is 1.31 bits per heavy atom. The molecule has 0 spiro atoms. The summed E-state index contributed by atoms with van der Waals surface area (Å²) in [6.07, 6.45) is 7.45. The summed E-state index contributed by atoms with van der Waals surface area (Å²) >= 11 is 0. The van der Waals surface area contributed by atoms with Crippen LogP contribution in [0.25, 0.3) is 0 Å². The molecule has 0 aromatic rings. The molecule has 1 unspecified atom stereocenters. The summed E-state index contributed by atoms with van der Waals surface area (Å²) in [5.74, 6) is 0. The van der Waals surface area contributed by atoms with E-state index in [-0.39, 0.29) is 5.54 Å². The molecular formula is C14H28N2. The topological polar surface area (TPSA) is 15.3 Å². The first-order valence-corrected chi connectivity index (χ1v) is 6.63. The van der Waals surface area contributed by atoms with Gasteiger partial charge in [-0.05, 0) is 40.2 Å². The molecule has 1 atom stereocenters. The highest BCUT2D eigenvalue weighted by molar-refractivity contribution is 4.86. The minimum absolute atomic E-state index is 0.238. The van der Waals surface area contributed by atoms with Gasteiger partial charge in [-0.2, -0.15) is 0 Å². The van der Waals surface area contributed by atoms with Gasteiger partial charge >= 0.3 is 0 Å². The van der Waals surface area contributed by atoms with Crippen LogP contribution in [0.1, 0.15) is 46.5 Å². The first-order valence-electron chi connectivity index (χ1n) is 6.63. The smallest absolute Gasteiger partial charge is 0.0195 e. The van der Waals surface area contributed by atoms with Gasteiger partial charge in [0.05, 0.1) is 0 Å². The van der Waals surface area contributed by atoms with Crippen LogP contribution in [0.3, 0.4) is 0 Å². The van der Waals surface area contributed by atoms with Gasteiger partial charge in [-0.3, -0.25) is 4.90 Å². The van der Waals surface area contributed by atoms with Gasteiger partial charge < -0.3 is 5.32 Å². The van der Waals surface area contributed by atoms with E-state index in [0.717, 1.165) is 13.1 Å². The third-order valence-corrected chi connectivity index (χ3v) is 3.40. The number of rotatable bonds is 4. The lowest BCUT2D eigenvalue weighted by molar-refractivity contribution is 0.136. The van der Waals surface area contributed by atoms with Crippen molar-refractivity contribution in [1.29, 1.82) is 0 Å². The number of nitrogens with zero attached hydrogens (tertiary/aromatic N) is 1. The molecule has 1 heterocycles. The molecule has 2 nitrogen and oxygen atoms in total. The first-order chi connectivity index (χ1) is 7.54. The van der Waals surface area contributed by atoms with E-state index in [1.54, 1.807) is 0 Å². The lowest BCUT2D eigenvalue weighted by atomic mass is 10.0. The van der Waals surface area contributed by atoms with Crippen molar-refractivity contribution in [2.75, 3.05) is 19.6 Å². The molecule has 0 aliphatic carbocycles. The Bertz CT molecular complexity index is 197. The largest absolute Gasteiger partial charge is 0.313 e. The van der Waals surface area contributed by atoms with Gasteiger partial charge in [-0.15, -0.1) is 6.58 Å².